The molecule has 2 aromatic carbocycles. The number of rotatable bonds is 6. The third-order valence-corrected chi connectivity index (χ3v) is 5.51. The number of halogens is 1. The number of benzene rings is 2. The number of amides is 2. The fourth-order valence-corrected chi connectivity index (χ4v) is 4.05. The molecule has 0 radical (unpaired) electrons. The summed E-state index contributed by atoms with van der Waals surface area (Å²) in [7, 11) is 1.29. The van der Waals surface area contributed by atoms with E-state index in [4.69, 9.17) is 16.3 Å². The molecule has 0 aromatic heterocycles. The summed E-state index contributed by atoms with van der Waals surface area (Å²) in [4.78, 5) is 38.2. The molecule has 182 valence electrons. The number of aliphatic carboxylic acids is 1. The van der Waals surface area contributed by atoms with Crippen LogP contribution >= 0.6 is 11.6 Å². The molecule has 0 bridgehead atoms. The van der Waals surface area contributed by atoms with Crippen molar-refractivity contribution in [2.75, 3.05) is 18.6 Å². The number of nitrogens with one attached hydrogen (secondary N) is 1. The van der Waals surface area contributed by atoms with Crippen molar-refractivity contribution in [3.63, 3.8) is 0 Å². The molecule has 0 fully saturated rings. The average Bonchev–Trinajstić information content (AvgIpc) is 2.86. The first-order valence-corrected chi connectivity index (χ1v) is 11.2. The van der Waals surface area contributed by atoms with Gasteiger partial charge in [0.15, 0.2) is 0 Å². The van der Waals surface area contributed by atoms with Crippen molar-refractivity contribution in [1.82, 2.24) is 5.32 Å². The lowest BCUT2D eigenvalue weighted by atomic mass is 9.94. The molecule has 3 rings (SSSR count). The van der Waals surface area contributed by atoms with Crippen molar-refractivity contribution >= 4 is 35.3 Å². The van der Waals surface area contributed by atoms with E-state index in [9.17, 15) is 19.5 Å². The SMILES string of the molecule is COC(=O)NCc1cccc(C2OC(CC(=O)O)C(=O)N(CC(C)(C)C)c3ccc(Cl)cc32)c1. The highest BCUT2D eigenvalue weighted by Crippen LogP contribution is 2.41. The largest absolute Gasteiger partial charge is 0.481 e. The molecule has 2 unspecified atom stereocenters. The van der Waals surface area contributed by atoms with Crippen LogP contribution < -0.4 is 10.2 Å². The third-order valence-electron chi connectivity index (χ3n) is 5.27. The molecule has 2 atom stereocenters. The lowest BCUT2D eigenvalue weighted by Crippen LogP contribution is -2.44. The number of ether oxygens (including phenoxy) is 2. The van der Waals surface area contributed by atoms with Gasteiger partial charge >= 0.3 is 12.1 Å². The minimum Gasteiger partial charge on any atom is -0.481 e. The second-order valence-corrected chi connectivity index (χ2v) is 9.82. The molecule has 9 heteroatoms. The van der Waals surface area contributed by atoms with Crippen LogP contribution in [0.1, 0.15) is 50.0 Å². The standard InChI is InChI=1S/C25H29ClN2O6/c1-25(2,3)14-28-19-9-8-17(26)11-18(19)22(34-20(23(28)31)12-21(29)30)16-7-5-6-15(10-16)13-27-24(32)33-4/h5-11,20,22H,12-14H2,1-4H3,(H,27,32)(H,29,30). The molecule has 2 amide bonds. The van der Waals surface area contributed by atoms with Crippen LogP contribution in [-0.4, -0.2) is 42.8 Å². The summed E-state index contributed by atoms with van der Waals surface area (Å²) in [5.74, 6) is -1.54. The Hall–Kier alpha value is -3.10. The Morgan fingerprint density at radius 3 is 2.59 bits per heavy atom. The Morgan fingerprint density at radius 1 is 1.21 bits per heavy atom. The van der Waals surface area contributed by atoms with Gasteiger partial charge in [0.25, 0.3) is 5.91 Å². The number of fused-ring (bicyclic) bond motifs is 1. The van der Waals surface area contributed by atoms with E-state index in [2.05, 4.69) is 10.1 Å². The number of carbonyl (C=O) groups excluding carboxylic acids is 2. The summed E-state index contributed by atoms with van der Waals surface area (Å²) < 4.78 is 10.8. The van der Waals surface area contributed by atoms with Gasteiger partial charge in [-0.15, -0.1) is 0 Å². The lowest BCUT2D eigenvalue weighted by Gasteiger charge is -2.31. The van der Waals surface area contributed by atoms with E-state index in [1.165, 1.54) is 7.11 Å². The summed E-state index contributed by atoms with van der Waals surface area (Å²) in [6.07, 6.45) is -2.96. The van der Waals surface area contributed by atoms with E-state index in [1.807, 2.05) is 45.0 Å². The van der Waals surface area contributed by atoms with E-state index in [0.29, 0.717) is 28.4 Å². The first-order chi connectivity index (χ1) is 16.0. The van der Waals surface area contributed by atoms with Gasteiger partial charge in [0, 0.05) is 29.4 Å². The molecule has 0 aliphatic carbocycles. The van der Waals surface area contributed by atoms with Crippen LogP contribution in [0.5, 0.6) is 0 Å². The molecule has 2 aromatic rings. The van der Waals surface area contributed by atoms with Crippen molar-refractivity contribution in [3.8, 4) is 0 Å². The number of carboxylic acid groups (broad SMARTS) is 1. The van der Waals surface area contributed by atoms with Crippen molar-refractivity contribution in [2.45, 2.75) is 45.9 Å². The van der Waals surface area contributed by atoms with E-state index in [-0.39, 0.29) is 12.0 Å². The number of anilines is 1. The molecule has 8 nitrogen and oxygen atoms in total. The van der Waals surface area contributed by atoms with Gasteiger partial charge in [-0.3, -0.25) is 9.59 Å². The quantitative estimate of drug-likeness (QED) is 0.618. The molecule has 0 spiro atoms. The molecule has 1 heterocycles. The zero-order chi connectivity index (χ0) is 25.0. The zero-order valence-corrected chi connectivity index (χ0v) is 20.4. The van der Waals surface area contributed by atoms with Gasteiger partial charge in [-0.25, -0.2) is 4.79 Å². The molecule has 0 saturated carbocycles. The minimum absolute atomic E-state index is 0.225. The zero-order valence-electron chi connectivity index (χ0n) is 19.6. The second-order valence-electron chi connectivity index (χ2n) is 9.38. The first kappa shape index (κ1) is 25.5. The number of nitrogens with zero attached hydrogens (tertiary/aromatic N) is 1. The Bertz CT molecular complexity index is 1080. The van der Waals surface area contributed by atoms with Crippen LogP contribution in [-0.2, 0) is 25.6 Å². The Kier molecular flexibility index (Phi) is 7.84. The van der Waals surface area contributed by atoms with Crippen LogP contribution in [0.3, 0.4) is 0 Å². The van der Waals surface area contributed by atoms with Crippen molar-refractivity contribution in [1.29, 1.82) is 0 Å². The van der Waals surface area contributed by atoms with Gasteiger partial charge < -0.3 is 24.8 Å². The molecule has 1 aliphatic rings. The first-order valence-electron chi connectivity index (χ1n) is 10.9. The Labute approximate surface area is 203 Å². The number of alkyl carbamates (subject to hydrolysis) is 1. The fraction of sp³-hybridized carbons (Fsp3) is 0.400. The van der Waals surface area contributed by atoms with Crippen molar-refractivity contribution in [2.24, 2.45) is 5.41 Å². The normalized spacial score (nSPS) is 18.1. The maximum Gasteiger partial charge on any atom is 0.407 e. The van der Waals surface area contributed by atoms with Gasteiger partial charge in [-0.1, -0.05) is 56.6 Å². The lowest BCUT2D eigenvalue weighted by molar-refractivity contribution is -0.147. The van der Waals surface area contributed by atoms with Crippen LogP contribution in [0.25, 0.3) is 0 Å². The predicted octanol–water partition coefficient (Wildman–Crippen LogP) is 4.54. The smallest absolute Gasteiger partial charge is 0.407 e. The highest BCUT2D eigenvalue weighted by Gasteiger charge is 2.39. The number of hydrogen-bond donors (Lipinski definition) is 2. The highest BCUT2D eigenvalue weighted by atomic mass is 35.5. The molecular formula is C25H29ClN2O6. The van der Waals surface area contributed by atoms with Crippen molar-refractivity contribution in [3.05, 3.63) is 64.2 Å². The van der Waals surface area contributed by atoms with E-state index < -0.39 is 36.6 Å². The monoisotopic (exact) mass is 488 g/mol. The Balaban J connectivity index is 2.11. The second kappa shape index (κ2) is 10.4. The number of hydrogen-bond acceptors (Lipinski definition) is 5. The van der Waals surface area contributed by atoms with Gasteiger partial charge in [-0.05, 0) is 34.7 Å². The summed E-state index contributed by atoms with van der Waals surface area (Å²) in [5.41, 5.74) is 2.52. The predicted molar refractivity (Wildman–Crippen MR) is 128 cm³/mol. The maximum absolute atomic E-state index is 13.5. The van der Waals surface area contributed by atoms with Crippen LogP contribution in [0.4, 0.5) is 10.5 Å². The van der Waals surface area contributed by atoms with Crippen LogP contribution in [0.2, 0.25) is 5.02 Å². The summed E-state index contributed by atoms with van der Waals surface area (Å²) in [6, 6.07) is 12.5. The van der Waals surface area contributed by atoms with Crippen LogP contribution in [0.15, 0.2) is 42.5 Å². The molecule has 2 N–H and O–H groups in total. The van der Waals surface area contributed by atoms with E-state index in [1.54, 1.807) is 23.1 Å². The fourth-order valence-electron chi connectivity index (χ4n) is 3.87. The van der Waals surface area contributed by atoms with E-state index >= 15 is 0 Å². The number of carboxylic acids is 1. The average molecular weight is 489 g/mol. The van der Waals surface area contributed by atoms with Gasteiger partial charge in [0.05, 0.1) is 13.5 Å². The van der Waals surface area contributed by atoms with Gasteiger partial charge in [-0.2, -0.15) is 0 Å². The highest BCUT2D eigenvalue weighted by molar-refractivity contribution is 6.30. The molecule has 0 saturated heterocycles. The van der Waals surface area contributed by atoms with Gasteiger partial charge in [0.2, 0.25) is 0 Å². The maximum atomic E-state index is 13.5. The molecular weight excluding hydrogens is 460 g/mol. The number of carbonyl (C=O) groups is 3. The summed E-state index contributed by atoms with van der Waals surface area (Å²) in [6.45, 7) is 6.61. The molecule has 1 aliphatic heterocycles. The van der Waals surface area contributed by atoms with Crippen molar-refractivity contribution < 1.29 is 29.0 Å². The number of methoxy groups -OCH3 is 1. The topological polar surface area (TPSA) is 105 Å². The van der Waals surface area contributed by atoms with Gasteiger partial charge in [0.1, 0.15) is 12.2 Å². The third kappa shape index (κ3) is 6.27. The minimum atomic E-state index is -1.19. The molecule has 34 heavy (non-hydrogen) atoms. The summed E-state index contributed by atoms with van der Waals surface area (Å²) in [5, 5.41) is 12.6. The Morgan fingerprint density at radius 2 is 1.94 bits per heavy atom. The van der Waals surface area contributed by atoms with Crippen LogP contribution in [0, 0.1) is 5.41 Å². The van der Waals surface area contributed by atoms with E-state index in [0.717, 1.165) is 5.56 Å². The summed E-state index contributed by atoms with van der Waals surface area (Å²) >= 11 is 6.34.